The second-order valence-electron chi connectivity index (χ2n) is 1.59. The van der Waals surface area contributed by atoms with Gasteiger partial charge in [-0.25, -0.2) is 0 Å². The van der Waals surface area contributed by atoms with Crippen LogP contribution in [0.1, 0.15) is 0 Å². The van der Waals surface area contributed by atoms with E-state index in [0.717, 1.165) is 12.3 Å². The van der Waals surface area contributed by atoms with Crippen molar-refractivity contribution in [3.05, 3.63) is 0 Å². The van der Waals surface area contributed by atoms with Crippen molar-refractivity contribution in [2.45, 2.75) is 0 Å². The lowest BCUT2D eigenvalue weighted by atomic mass is 10.5. The van der Waals surface area contributed by atoms with E-state index in [4.69, 9.17) is 11.6 Å². The third-order valence-electron chi connectivity index (χ3n) is 0.945. The van der Waals surface area contributed by atoms with Crippen LogP contribution in [0.25, 0.3) is 0 Å². The van der Waals surface area contributed by atoms with Crippen molar-refractivity contribution in [1.82, 2.24) is 0 Å². The number of halogens is 1. The molecule has 1 rings (SSSR count). The number of alkyl halides is 1. The van der Waals surface area contributed by atoms with E-state index in [9.17, 15) is 4.79 Å². The molecule has 50 valence electrons. The van der Waals surface area contributed by atoms with Crippen molar-refractivity contribution in [1.29, 1.82) is 0 Å². The van der Waals surface area contributed by atoms with Gasteiger partial charge in [-0.1, -0.05) is 0 Å². The maximum Gasteiger partial charge on any atom is 0.201 e. The molecule has 1 heterocycles. The van der Waals surface area contributed by atoms with Crippen molar-refractivity contribution in [3.63, 3.8) is 0 Å². The number of carbonyl (C=O) groups is 1. The summed E-state index contributed by atoms with van der Waals surface area (Å²) in [4.78, 5) is 14.7. The number of hydrogen-bond donors (Lipinski definition) is 0. The Labute approximate surface area is 62.7 Å². The van der Waals surface area contributed by atoms with E-state index in [0.29, 0.717) is 5.04 Å². The zero-order chi connectivity index (χ0) is 6.69. The molecule has 0 fully saturated rings. The third-order valence-corrected chi connectivity index (χ3v) is 2.21. The number of hydrogen-bond acceptors (Lipinski definition) is 3. The summed E-state index contributed by atoms with van der Waals surface area (Å²) in [6, 6.07) is 0. The molecule has 0 aliphatic carbocycles. The summed E-state index contributed by atoms with van der Waals surface area (Å²) >= 11 is 6.78. The molecule has 4 heteroatoms. The Morgan fingerprint density at radius 1 is 1.89 bits per heavy atom. The summed E-state index contributed by atoms with van der Waals surface area (Å²) in [6.07, 6.45) is 0. The summed E-state index contributed by atoms with van der Waals surface area (Å²) in [6.45, 7) is 0.766. The highest BCUT2D eigenvalue weighted by Gasteiger charge is 2.13. The Morgan fingerprint density at radius 3 is 3.11 bits per heavy atom. The van der Waals surface area contributed by atoms with Gasteiger partial charge < -0.3 is 0 Å². The minimum Gasteiger partial charge on any atom is -0.291 e. The maximum atomic E-state index is 10.7. The summed E-state index contributed by atoms with van der Waals surface area (Å²) in [5.41, 5.74) is 0. The number of nitrogens with zero attached hydrogens (tertiary/aromatic N) is 1. The van der Waals surface area contributed by atoms with Crippen LogP contribution >= 0.6 is 23.4 Å². The quantitative estimate of drug-likeness (QED) is 0.567. The van der Waals surface area contributed by atoms with Gasteiger partial charge in [0.05, 0.1) is 5.88 Å². The van der Waals surface area contributed by atoms with Gasteiger partial charge in [-0.3, -0.25) is 9.79 Å². The van der Waals surface area contributed by atoms with Crippen LogP contribution in [0.2, 0.25) is 0 Å². The first-order valence-electron chi connectivity index (χ1n) is 2.61. The average molecular weight is 164 g/mol. The molecule has 0 aromatic heterocycles. The van der Waals surface area contributed by atoms with E-state index >= 15 is 0 Å². The van der Waals surface area contributed by atoms with Gasteiger partial charge in [0.2, 0.25) is 5.78 Å². The Kier molecular flexibility index (Phi) is 2.54. The molecule has 0 aromatic rings. The summed E-state index contributed by atoms with van der Waals surface area (Å²) in [5.74, 6) is 0.947. The summed E-state index contributed by atoms with van der Waals surface area (Å²) in [7, 11) is 0. The first-order valence-corrected chi connectivity index (χ1v) is 4.13. The lowest BCUT2D eigenvalue weighted by molar-refractivity contribution is -0.110. The standard InChI is InChI=1S/C5H6ClNOS/c6-3-4(8)5-7-1-2-9-5/h1-3H2. The fraction of sp³-hybridized carbons (Fsp3) is 0.600. The lowest BCUT2D eigenvalue weighted by Crippen LogP contribution is -2.08. The molecule has 1 aliphatic heterocycles. The van der Waals surface area contributed by atoms with Crippen molar-refractivity contribution in [2.75, 3.05) is 18.2 Å². The van der Waals surface area contributed by atoms with Crippen LogP contribution in [-0.4, -0.2) is 29.0 Å². The Hall–Kier alpha value is -0.0200. The van der Waals surface area contributed by atoms with Gasteiger partial charge in [0, 0.05) is 12.3 Å². The Balaban J connectivity index is 2.51. The molecule has 0 saturated heterocycles. The largest absolute Gasteiger partial charge is 0.291 e. The van der Waals surface area contributed by atoms with Crippen molar-refractivity contribution in [2.24, 2.45) is 4.99 Å². The molecule has 0 saturated carbocycles. The van der Waals surface area contributed by atoms with Crippen LogP contribution in [0.4, 0.5) is 0 Å². The molecule has 0 radical (unpaired) electrons. The molecule has 0 N–H and O–H groups in total. The average Bonchev–Trinajstić information content (AvgIpc) is 2.37. The summed E-state index contributed by atoms with van der Waals surface area (Å²) < 4.78 is 0. The molecule has 2 nitrogen and oxygen atoms in total. The first kappa shape index (κ1) is 7.09. The SMILES string of the molecule is O=C(CCl)C1=NCCS1. The number of thioether (sulfide) groups is 1. The van der Waals surface area contributed by atoms with E-state index in [2.05, 4.69) is 4.99 Å². The predicted molar refractivity (Wildman–Crippen MR) is 40.5 cm³/mol. The highest BCUT2D eigenvalue weighted by molar-refractivity contribution is 8.16. The van der Waals surface area contributed by atoms with E-state index in [-0.39, 0.29) is 11.7 Å². The normalized spacial score (nSPS) is 17.7. The smallest absolute Gasteiger partial charge is 0.201 e. The van der Waals surface area contributed by atoms with E-state index in [1.807, 2.05) is 0 Å². The minimum absolute atomic E-state index is 0.0424. The number of ketones is 1. The van der Waals surface area contributed by atoms with Crippen LogP contribution in [0, 0.1) is 0 Å². The number of rotatable bonds is 2. The highest BCUT2D eigenvalue weighted by atomic mass is 35.5. The number of carbonyl (C=O) groups excluding carboxylic acids is 1. The minimum atomic E-state index is -0.0424. The molecular weight excluding hydrogens is 158 g/mol. The van der Waals surface area contributed by atoms with Crippen LogP contribution in [-0.2, 0) is 4.79 Å². The third kappa shape index (κ3) is 1.69. The lowest BCUT2D eigenvalue weighted by Gasteiger charge is -1.89. The molecule has 0 bridgehead atoms. The van der Waals surface area contributed by atoms with Gasteiger partial charge >= 0.3 is 0 Å². The summed E-state index contributed by atoms with van der Waals surface area (Å²) in [5, 5.41) is 0.602. The molecule has 9 heavy (non-hydrogen) atoms. The monoisotopic (exact) mass is 163 g/mol. The van der Waals surface area contributed by atoms with Crippen LogP contribution in [0.3, 0.4) is 0 Å². The van der Waals surface area contributed by atoms with E-state index in [1.54, 1.807) is 0 Å². The van der Waals surface area contributed by atoms with Crippen LogP contribution in [0.5, 0.6) is 0 Å². The van der Waals surface area contributed by atoms with Gasteiger partial charge in [-0.2, -0.15) is 0 Å². The van der Waals surface area contributed by atoms with E-state index in [1.165, 1.54) is 11.8 Å². The zero-order valence-corrected chi connectivity index (χ0v) is 6.34. The Morgan fingerprint density at radius 2 is 2.67 bits per heavy atom. The van der Waals surface area contributed by atoms with E-state index < -0.39 is 0 Å². The van der Waals surface area contributed by atoms with Gasteiger partial charge in [-0.05, 0) is 0 Å². The molecule has 0 spiro atoms. The van der Waals surface area contributed by atoms with Crippen molar-refractivity contribution in [3.8, 4) is 0 Å². The van der Waals surface area contributed by atoms with Crippen molar-refractivity contribution >= 4 is 34.2 Å². The fourth-order valence-electron chi connectivity index (χ4n) is 0.561. The topological polar surface area (TPSA) is 29.4 Å². The van der Waals surface area contributed by atoms with Crippen LogP contribution in [0.15, 0.2) is 4.99 Å². The fourth-order valence-corrected chi connectivity index (χ4v) is 1.56. The second-order valence-corrected chi connectivity index (χ2v) is 2.94. The van der Waals surface area contributed by atoms with Crippen molar-refractivity contribution < 1.29 is 4.79 Å². The molecule has 1 aliphatic rings. The number of aliphatic imine (C=N–C) groups is 1. The number of Topliss-reactive ketones (excluding diaryl/α,β-unsaturated/α-hetero) is 1. The van der Waals surface area contributed by atoms with Gasteiger partial charge in [0.1, 0.15) is 5.04 Å². The molecule has 0 amide bonds. The molecule has 0 aromatic carbocycles. The maximum absolute atomic E-state index is 10.7. The zero-order valence-electron chi connectivity index (χ0n) is 4.76. The molecule has 0 unspecified atom stereocenters. The van der Waals surface area contributed by atoms with Crippen LogP contribution < -0.4 is 0 Å². The van der Waals surface area contributed by atoms with Gasteiger partial charge in [-0.15, -0.1) is 23.4 Å². The van der Waals surface area contributed by atoms with Gasteiger partial charge in [0.15, 0.2) is 0 Å². The second kappa shape index (κ2) is 3.22. The predicted octanol–water partition coefficient (Wildman–Crippen LogP) is 0.940. The first-order chi connectivity index (χ1) is 4.34. The highest BCUT2D eigenvalue weighted by Crippen LogP contribution is 2.12. The van der Waals surface area contributed by atoms with Gasteiger partial charge in [0.25, 0.3) is 0 Å². The molecular formula is C5H6ClNOS. The Bertz CT molecular complexity index is 157. The molecule has 0 atom stereocenters.